The van der Waals surface area contributed by atoms with Crippen molar-refractivity contribution in [3.63, 3.8) is 0 Å². The highest BCUT2D eigenvalue weighted by Gasteiger charge is 2.12. The summed E-state index contributed by atoms with van der Waals surface area (Å²) in [6.45, 7) is 8.99. The fourth-order valence-electron chi connectivity index (χ4n) is 2.60. The molecule has 0 aliphatic carbocycles. The van der Waals surface area contributed by atoms with Gasteiger partial charge in [-0.25, -0.2) is 4.39 Å². The van der Waals surface area contributed by atoms with Crippen molar-refractivity contribution >= 4 is 15.9 Å². The normalized spacial score (nSPS) is 11.1. The summed E-state index contributed by atoms with van der Waals surface area (Å²) in [7, 11) is 0. The second-order valence-electron chi connectivity index (χ2n) is 6.65. The molecule has 0 saturated carbocycles. The van der Waals surface area contributed by atoms with E-state index >= 15 is 0 Å². The zero-order valence-electron chi connectivity index (χ0n) is 16.8. The second-order valence-corrected chi connectivity index (χ2v) is 7.51. The van der Waals surface area contributed by atoms with Crippen molar-refractivity contribution in [3.8, 4) is 11.5 Å². The van der Waals surface area contributed by atoms with E-state index in [1.165, 1.54) is 6.07 Å². The van der Waals surface area contributed by atoms with E-state index in [1.54, 1.807) is 18.2 Å². The van der Waals surface area contributed by atoms with E-state index in [1.807, 2.05) is 32.9 Å². The molecule has 6 heteroatoms. The van der Waals surface area contributed by atoms with Crippen molar-refractivity contribution in [2.45, 2.75) is 46.4 Å². The maximum absolute atomic E-state index is 13.8. The fourth-order valence-corrected chi connectivity index (χ4v) is 3.07. The lowest BCUT2D eigenvalue weighted by Gasteiger charge is -2.16. The molecule has 0 unspecified atom stereocenters. The van der Waals surface area contributed by atoms with Crippen molar-refractivity contribution in [2.75, 3.05) is 19.8 Å². The van der Waals surface area contributed by atoms with Gasteiger partial charge in [-0.2, -0.15) is 0 Å². The average molecular weight is 454 g/mol. The third-order valence-corrected chi connectivity index (χ3v) is 4.76. The molecule has 2 aromatic rings. The third kappa shape index (κ3) is 7.41. The smallest absolute Gasteiger partial charge is 0.162 e. The predicted octanol–water partition coefficient (Wildman–Crippen LogP) is 5.47. The van der Waals surface area contributed by atoms with E-state index in [0.717, 1.165) is 29.6 Å². The van der Waals surface area contributed by atoms with Crippen LogP contribution in [0.1, 0.15) is 38.3 Å². The first-order valence-electron chi connectivity index (χ1n) is 9.65. The molecule has 0 radical (unpaired) electrons. The predicted molar refractivity (Wildman–Crippen MR) is 113 cm³/mol. The molecule has 0 atom stereocenters. The van der Waals surface area contributed by atoms with E-state index in [4.69, 9.17) is 14.2 Å². The summed E-state index contributed by atoms with van der Waals surface area (Å²) in [4.78, 5) is 0. The highest BCUT2D eigenvalue weighted by Crippen LogP contribution is 2.34. The zero-order chi connectivity index (χ0) is 20.4. The minimum absolute atomic E-state index is 0.145. The average Bonchev–Trinajstić information content (AvgIpc) is 2.66. The first kappa shape index (κ1) is 22.7. The standard InChI is InChI=1S/C22H29BrFNO3/c1-4-26-21-12-18(14-25-10-7-11-27-16(2)3)19(23)13-22(21)28-15-17-8-5-6-9-20(17)24/h5-6,8-9,12-13,16,25H,4,7,10-11,14-15H2,1-3H3. The summed E-state index contributed by atoms with van der Waals surface area (Å²) in [5.74, 6) is 0.967. The molecule has 0 amide bonds. The van der Waals surface area contributed by atoms with Gasteiger partial charge in [-0.05, 0) is 57.5 Å². The number of hydrogen-bond donors (Lipinski definition) is 1. The van der Waals surface area contributed by atoms with Crippen LogP contribution >= 0.6 is 15.9 Å². The minimum Gasteiger partial charge on any atom is -0.490 e. The lowest BCUT2D eigenvalue weighted by atomic mass is 10.2. The summed E-state index contributed by atoms with van der Waals surface area (Å²) >= 11 is 3.60. The largest absolute Gasteiger partial charge is 0.490 e. The van der Waals surface area contributed by atoms with Crippen LogP contribution in [0.2, 0.25) is 0 Å². The quantitative estimate of drug-likeness (QED) is 0.432. The summed E-state index contributed by atoms with van der Waals surface area (Å²) in [5.41, 5.74) is 1.59. The minimum atomic E-state index is -0.276. The molecule has 154 valence electrons. The van der Waals surface area contributed by atoms with Crippen LogP contribution in [-0.2, 0) is 17.9 Å². The fraction of sp³-hybridized carbons (Fsp3) is 0.455. The van der Waals surface area contributed by atoms with Gasteiger partial charge in [0.1, 0.15) is 12.4 Å². The van der Waals surface area contributed by atoms with Gasteiger partial charge < -0.3 is 19.5 Å². The maximum atomic E-state index is 13.8. The summed E-state index contributed by atoms with van der Waals surface area (Å²) in [6.07, 6.45) is 1.22. The van der Waals surface area contributed by atoms with Crippen LogP contribution in [-0.4, -0.2) is 25.9 Å². The Morgan fingerprint density at radius 3 is 2.54 bits per heavy atom. The van der Waals surface area contributed by atoms with Gasteiger partial charge >= 0.3 is 0 Å². The molecule has 4 nitrogen and oxygen atoms in total. The Labute approximate surface area is 175 Å². The zero-order valence-corrected chi connectivity index (χ0v) is 18.4. The highest BCUT2D eigenvalue weighted by atomic mass is 79.9. The van der Waals surface area contributed by atoms with Gasteiger partial charge in [0.05, 0.1) is 12.7 Å². The molecule has 1 N–H and O–H groups in total. The second kappa shape index (κ2) is 12.0. The molecule has 28 heavy (non-hydrogen) atoms. The Morgan fingerprint density at radius 2 is 1.82 bits per heavy atom. The molecule has 2 aromatic carbocycles. The van der Waals surface area contributed by atoms with Crippen molar-refractivity contribution < 1.29 is 18.6 Å². The number of benzene rings is 2. The first-order valence-corrected chi connectivity index (χ1v) is 10.4. The SMILES string of the molecule is CCOc1cc(CNCCCOC(C)C)c(Br)cc1OCc1ccccc1F. The van der Waals surface area contributed by atoms with Crippen LogP contribution in [0.3, 0.4) is 0 Å². The van der Waals surface area contributed by atoms with Gasteiger partial charge in [-0.3, -0.25) is 0 Å². The van der Waals surface area contributed by atoms with Crippen LogP contribution in [0, 0.1) is 5.82 Å². The van der Waals surface area contributed by atoms with Crippen LogP contribution in [0.25, 0.3) is 0 Å². The van der Waals surface area contributed by atoms with Crippen LogP contribution in [0.5, 0.6) is 11.5 Å². The Bertz CT molecular complexity index is 740. The molecule has 0 bridgehead atoms. The van der Waals surface area contributed by atoms with Crippen LogP contribution < -0.4 is 14.8 Å². The van der Waals surface area contributed by atoms with E-state index in [-0.39, 0.29) is 18.5 Å². The van der Waals surface area contributed by atoms with Gasteiger partial charge in [0.15, 0.2) is 11.5 Å². The maximum Gasteiger partial charge on any atom is 0.162 e. The molecule has 0 saturated heterocycles. The number of hydrogen-bond acceptors (Lipinski definition) is 4. The lowest BCUT2D eigenvalue weighted by Crippen LogP contribution is -2.17. The van der Waals surface area contributed by atoms with E-state index in [0.29, 0.717) is 30.2 Å². The summed E-state index contributed by atoms with van der Waals surface area (Å²) in [6, 6.07) is 10.4. The topological polar surface area (TPSA) is 39.7 Å². The molecule has 0 aliphatic heterocycles. The van der Waals surface area contributed by atoms with Crippen LogP contribution in [0.15, 0.2) is 40.9 Å². The highest BCUT2D eigenvalue weighted by molar-refractivity contribution is 9.10. The van der Waals surface area contributed by atoms with Crippen molar-refractivity contribution in [1.82, 2.24) is 5.32 Å². The Hall–Kier alpha value is -1.63. The number of nitrogens with one attached hydrogen (secondary N) is 1. The van der Waals surface area contributed by atoms with Gasteiger partial charge in [0.2, 0.25) is 0 Å². The van der Waals surface area contributed by atoms with Crippen molar-refractivity contribution in [3.05, 3.63) is 57.8 Å². The van der Waals surface area contributed by atoms with Crippen molar-refractivity contribution in [2.24, 2.45) is 0 Å². The molecular weight excluding hydrogens is 425 g/mol. The number of halogens is 2. The lowest BCUT2D eigenvalue weighted by molar-refractivity contribution is 0.0770. The Morgan fingerprint density at radius 1 is 1.07 bits per heavy atom. The Balaban J connectivity index is 1.97. The summed E-state index contributed by atoms with van der Waals surface area (Å²) < 4.78 is 31.9. The molecule has 0 aromatic heterocycles. The van der Waals surface area contributed by atoms with Gasteiger partial charge in [-0.1, -0.05) is 34.1 Å². The molecule has 0 heterocycles. The molecule has 0 fully saturated rings. The van der Waals surface area contributed by atoms with E-state index < -0.39 is 0 Å². The number of ether oxygens (including phenoxy) is 3. The van der Waals surface area contributed by atoms with Gasteiger partial charge in [0, 0.05) is 23.2 Å². The van der Waals surface area contributed by atoms with Gasteiger partial charge in [0.25, 0.3) is 0 Å². The monoisotopic (exact) mass is 453 g/mol. The van der Waals surface area contributed by atoms with Gasteiger partial charge in [-0.15, -0.1) is 0 Å². The molecule has 2 rings (SSSR count). The van der Waals surface area contributed by atoms with Crippen molar-refractivity contribution in [1.29, 1.82) is 0 Å². The summed E-state index contributed by atoms with van der Waals surface area (Å²) in [5, 5.41) is 3.41. The molecular formula is C22H29BrFNO3. The van der Waals surface area contributed by atoms with E-state index in [2.05, 4.69) is 21.2 Å². The third-order valence-electron chi connectivity index (χ3n) is 4.02. The Kier molecular flexibility index (Phi) is 9.75. The number of rotatable bonds is 12. The van der Waals surface area contributed by atoms with Crippen LogP contribution in [0.4, 0.5) is 4.39 Å². The van der Waals surface area contributed by atoms with E-state index in [9.17, 15) is 4.39 Å². The molecule has 0 aliphatic rings. The molecule has 0 spiro atoms. The first-order chi connectivity index (χ1) is 13.5.